The highest BCUT2D eigenvalue weighted by molar-refractivity contribution is 7.10. The van der Waals surface area contributed by atoms with Gasteiger partial charge >= 0.3 is 0 Å². The number of hydrogen-bond acceptors (Lipinski definition) is 3. The van der Waals surface area contributed by atoms with Gasteiger partial charge in [-0.3, -0.25) is 4.79 Å². The molecule has 0 spiro atoms. The molecule has 0 aliphatic rings. The van der Waals surface area contributed by atoms with Crippen molar-refractivity contribution in [3.8, 4) is 11.3 Å². The van der Waals surface area contributed by atoms with Crippen LogP contribution in [0.1, 0.15) is 4.88 Å². The SMILES string of the molecule is Cc1sccc1-c1n[nH]c(=O)c2ccccc12. The van der Waals surface area contributed by atoms with Crippen LogP contribution in [-0.4, -0.2) is 10.2 Å². The summed E-state index contributed by atoms with van der Waals surface area (Å²) >= 11 is 1.68. The molecule has 0 saturated heterocycles. The monoisotopic (exact) mass is 242 g/mol. The van der Waals surface area contributed by atoms with Gasteiger partial charge in [-0.1, -0.05) is 18.2 Å². The minimum absolute atomic E-state index is 0.141. The third kappa shape index (κ3) is 1.57. The van der Waals surface area contributed by atoms with Gasteiger partial charge in [0.1, 0.15) is 0 Å². The maximum atomic E-state index is 11.7. The van der Waals surface area contributed by atoms with Gasteiger partial charge < -0.3 is 0 Å². The second-order valence-electron chi connectivity index (χ2n) is 3.84. The van der Waals surface area contributed by atoms with Crippen molar-refractivity contribution in [2.45, 2.75) is 6.92 Å². The van der Waals surface area contributed by atoms with Gasteiger partial charge in [0, 0.05) is 15.8 Å². The molecule has 0 aliphatic heterocycles. The maximum Gasteiger partial charge on any atom is 0.272 e. The first kappa shape index (κ1) is 10.2. The summed E-state index contributed by atoms with van der Waals surface area (Å²) in [5, 5.41) is 10.4. The van der Waals surface area contributed by atoms with E-state index in [1.165, 1.54) is 4.88 Å². The molecule has 84 valence electrons. The number of H-pyrrole nitrogens is 1. The summed E-state index contributed by atoms with van der Waals surface area (Å²) in [6, 6.07) is 9.58. The number of fused-ring (bicyclic) bond motifs is 1. The standard InChI is InChI=1S/C13H10N2OS/c1-8-9(6-7-17-8)12-10-4-2-3-5-11(10)13(16)15-14-12/h2-7H,1H3,(H,15,16). The summed E-state index contributed by atoms with van der Waals surface area (Å²) in [5.74, 6) is 0. The van der Waals surface area contributed by atoms with Gasteiger partial charge in [-0.15, -0.1) is 11.3 Å². The molecule has 0 radical (unpaired) electrons. The molecular formula is C13H10N2OS. The summed E-state index contributed by atoms with van der Waals surface area (Å²) in [6.45, 7) is 2.06. The molecule has 2 heterocycles. The largest absolute Gasteiger partial charge is 0.272 e. The van der Waals surface area contributed by atoms with Crippen molar-refractivity contribution < 1.29 is 0 Å². The van der Waals surface area contributed by atoms with Gasteiger partial charge in [0.2, 0.25) is 0 Å². The van der Waals surface area contributed by atoms with E-state index in [9.17, 15) is 4.79 Å². The molecular weight excluding hydrogens is 232 g/mol. The number of thiophene rings is 1. The van der Waals surface area contributed by atoms with Gasteiger partial charge in [-0.25, -0.2) is 5.10 Å². The Bertz CT molecular complexity index is 742. The lowest BCUT2D eigenvalue weighted by atomic mass is 10.1. The number of aromatic nitrogens is 2. The average molecular weight is 242 g/mol. The van der Waals surface area contributed by atoms with Crippen molar-refractivity contribution in [3.63, 3.8) is 0 Å². The molecule has 0 unspecified atom stereocenters. The number of benzene rings is 1. The predicted octanol–water partition coefficient (Wildman–Crippen LogP) is 2.96. The van der Waals surface area contributed by atoms with Crippen molar-refractivity contribution in [1.82, 2.24) is 10.2 Å². The van der Waals surface area contributed by atoms with Gasteiger partial charge in [0.25, 0.3) is 5.56 Å². The van der Waals surface area contributed by atoms with Crippen LogP contribution in [0.4, 0.5) is 0 Å². The van der Waals surface area contributed by atoms with Crippen LogP contribution < -0.4 is 5.56 Å². The Balaban J connectivity index is 2.43. The van der Waals surface area contributed by atoms with Gasteiger partial charge in [0.15, 0.2) is 0 Å². The van der Waals surface area contributed by atoms with Crippen LogP contribution in [-0.2, 0) is 0 Å². The normalized spacial score (nSPS) is 10.9. The second kappa shape index (κ2) is 3.82. The molecule has 3 aromatic rings. The number of aryl methyl sites for hydroxylation is 1. The first-order valence-electron chi connectivity index (χ1n) is 5.29. The van der Waals surface area contributed by atoms with Gasteiger partial charge in [0.05, 0.1) is 11.1 Å². The highest BCUT2D eigenvalue weighted by atomic mass is 32.1. The highest BCUT2D eigenvalue weighted by Gasteiger charge is 2.10. The summed E-state index contributed by atoms with van der Waals surface area (Å²) in [4.78, 5) is 12.9. The Hall–Kier alpha value is -1.94. The Morgan fingerprint density at radius 3 is 2.65 bits per heavy atom. The van der Waals surface area contributed by atoms with E-state index in [0.717, 1.165) is 16.6 Å². The lowest BCUT2D eigenvalue weighted by molar-refractivity contribution is 1.02. The Morgan fingerprint density at radius 2 is 1.94 bits per heavy atom. The Morgan fingerprint density at radius 1 is 1.18 bits per heavy atom. The molecule has 0 atom stereocenters. The Kier molecular flexibility index (Phi) is 2.30. The number of aromatic amines is 1. The van der Waals surface area contributed by atoms with Crippen molar-refractivity contribution >= 4 is 22.1 Å². The van der Waals surface area contributed by atoms with E-state index >= 15 is 0 Å². The average Bonchev–Trinajstić information content (AvgIpc) is 2.77. The van der Waals surface area contributed by atoms with Gasteiger partial charge in [-0.2, -0.15) is 5.10 Å². The molecule has 0 bridgehead atoms. The molecule has 0 saturated carbocycles. The van der Waals surface area contributed by atoms with Crippen LogP contribution in [0, 0.1) is 6.92 Å². The Labute approximate surface area is 102 Å². The smallest absolute Gasteiger partial charge is 0.267 e. The van der Waals surface area contributed by atoms with Crippen LogP contribution in [0.15, 0.2) is 40.5 Å². The molecule has 2 aromatic heterocycles. The fraction of sp³-hybridized carbons (Fsp3) is 0.0769. The number of nitrogens with one attached hydrogen (secondary N) is 1. The first-order valence-corrected chi connectivity index (χ1v) is 6.17. The number of rotatable bonds is 1. The maximum absolute atomic E-state index is 11.7. The van der Waals surface area contributed by atoms with E-state index in [0.29, 0.717) is 5.39 Å². The molecule has 17 heavy (non-hydrogen) atoms. The molecule has 1 aromatic carbocycles. The topological polar surface area (TPSA) is 45.8 Å². The minimum Gasteiger partial charge on any atom is -0.267 e. The zero-order chi connectivity index (χ0) is 11.8. The van der Waals surface area contributed by atoms with Crippen LogP contribution in [0.25, 0.3) is 22.0 Å². The van der Waals surface area contributed by atoms with Gasteiger partial charge in [-0.05, 0) is 24.4 Å². The number of nitrogens with zero attached hydrogens (tertiary/aromatic N) is 1. The molecule has 3 nitrogen and oxygen atoms in total. The highest BCUT2D eigenvalue weighted by Crippen LogP contribution is 2.29. The third-order valence-electron chi connectivity index (χ3n) is 2.81. The fourth-order valence-electron chi connectivity index (χ4n) is 1.95. The summed E-state index contributed by atoms with van der Waals surface area (Å²) < 4.78 is 0. The molecule has 1 N–H and O–H groups in total. The number of hydrogen-bond donors (Lipinski definition) is 1. The van der Waals surface area contributed by atoms with E-state index in [-0.39, 0.29) is 5.56 Å². The van der Waals surface area contributed by atoms with Crippen molar-refractivity contribution in [2.75, 3.05) is 0 Å². The molecule has 0 amide bonds. The van der Waals surface area contributed by atoms with E-state index < -0.39 is 0 Å². The quantitative estimate of drug-likeness (QED) is 0.713. The molecule has 4 heteroatoms. The van der Waals surface area contributed by atoms with Crippen LogP contribution in [0.3, 0.4) is 0 Å². The third-order valence-corrected chi connectivity index (χ3v) is 3.66. The van der Waals surface area contributed by atoms with E-state index in [2.05, 4.69) is 17.1 Å². The van der Waals surface area contributed by atoms with E-state index in [4.69, 9.17) is 0 Å². The lowest BCUT2D eigenvalue weighted by Gasteiger charge is -2.03. The zero-order valence-electron chi connectivity index (χ0n) is 9.23. The lowest BCUT2D eigenvalue weighted by Crippen LogP contribution is -2.09. The predicted molar refractivity (Wildman–Crippen MR) is 70.4 cm³/mol. The van der Waals surface area contributed by atoms with Crippen LogP contribution in [0.2, 0.25) is 0 Å². The van der Waals surface area contributed by atoms with Crippen LogP contribution in [0.5, 0.6) is 0 Å². The van der Waals surface area contributed by atoms with E-state index in [1.807, 2.05) is 35.7 Å². The van der Waals surface area contributed by atoms with Crippen molar-refractivity contribution in [2.24, 2.45) is 0 Å². The first-order chi connectivity index (χ1) is 8.27. The van der Waals surface area contributed by atoms with Crippen molar-refractivity contribution in [1.29, 1.82) is 0 Å². The minimum atomic E-state index is -0.141. The summed E-state index contributed by atoms with van der Waals surface area (Å²) in [6.07, 6.45) is 0. The van der Waals surface area contributed by atoms with Crippen LogP contribution >= 0.6 is 11.3 Å². The zero-order valence-corrected chi connectivity index (χ0v) is 10.0. The summed E-state index contributed by atoms with van der Waals surface area (Å²) in [7, 11) is 0. The second-order valence-corrected chi connectivity index (χ2v) is 4.96. The fourth-order valence-corrected chi connectivity index (χ4v) is 2.65. The molecule has 3 rings (SSSR count). The summed E-state index contributed by atoms with van der Waals surface area (Å²) in [5.41, 5.74) is 1.79. The molecule has 0 fully saturated rings. The van der Waals surface area contributed by atoms with Crippen molar-refractivity contribution in [3.05, 3.63) is 50.9 Å². The van der Waals surface area contributed by atoms with E-state index in [1.54, 1.807) is 11.3 Å². The molecule has 0 aliphatic carbocycles.